The molecule has 1 amide bonds. The Balaban J connectivity index is 2.76. The van der Waals surface area contributed by atoms with Crippen molar-refractivity contribution < 1.29 is 4.79 Å². The van der Waals surface area contributed by atoms with Gasteiger partial charge in [-0.25, -0.2) is 0 Å². The fourth-order valence-corrected chi connectivity index (χ4v) is 1.55. The summed E-state index contributed by atoms with van der Waals surface area (Å²) < 4.78 is 1.02. The summed E-state index contributed by atoms with van der Waals surface area (Å²) in [5.74, 6) is 0.0775. The number of carbonyl (C=O) groups excluding carboxylic acids is 1. The summed E-state index contributed by atoms with van der Waals surface area (Å²) >= 11 is 3.42. The number of benzene rings is 1. The second-order valence-corrected chi connectivity index (χ2v) is 4.06. The zero-order valence-electron chi connectivity index (χ0n) is 8.43. The molecule has 0 heterocycles. The van der Waals surface area contributed by atoms with Gasteiger partial charge in [0.1, 0.15) is 0 Å². The van der Waals surface area contributed by atoms with Crippen molar-refractivity contribution >= 4 is 27.5 Å². The third kappa shape index (κ3) is 2.84. The first-order valence-electron chi connectivity index (χ1n) is 4.70. The first-order valence-corrected chi connectivity index (χ1v) is 5.49. The largest absolute Gasteiger partial charge is 0.326 e. The number of rotatable bonds is 3. The van der Waals surface area contributed by atoms with E-state index in [1.807, 2.05) is 32.0 Å². The van der Waals surface area contributed by atoms with E-state index in [-0.39, 0.29) is 5.91 Å². The standard InChI is InChI=1S/C11H14BrNO/c1-3-5-11(14)13-10-7-4-6-9(12)8(10)2/h4,6-7H,3,5H2,1-2H3,(H,13,14). The van der Waals surface area contributed by atoms with Crippen molar-refractivity contribution in [1.29, 1.82) is 0 Å². The molecule has 14 heavy (non-hydrogen) atoms. The maximum absolute atomic E-state index is 11.3. The second-order valence-electron chi connectivity index (χ2n) is 3.21. The van der Waals surface area contributed by atoms with Crippen molar-refractivity contribution in [2.45, 2.75) is 26.7 Å². The first-order chi connectivity index (χ1) is 6.65. The highest BCUT2D eigenvalue weighted by Gasteiger charge is 2.04. The Kier molecular flexibility index (Phi) is 4.14. The van der Waals surface area contributed by atoms with Gasteiger partial charge in [-0.15, -0.1) is 0 Å². The SMILES string of the molecule is CCCC(=O)Nc1cccc(Br)c1C. The van der Waals surface area contributed by atoms with Crippen LogP contribution < -0.4 is 5.32 Å². The maximum Gasteiger partial charge on any atom is 0.224 e. The normalized spacial score (nSPS) is 9.93. The van der Waals surface area contributed by atoms with Crippen molar-refractivity contribution in [3.8, 4) is 0 Å². The van der Waals surface area contributed by atoms with Crippen LogP contribution in [0.5, 0.6) is 0 Å². The third-order valence-corrected chi connectivity index (χ3v) is 2.88. The molecule has 3 heteroatoms. The van der Waals surface area contributed by atoms with Crippen LogP contribution in [0.15, 0.2) is 22.7 Å². The van der Waals surface area contributed by atoms with E-state index in [0.29, 0.717) is 6.42 Å². The molecule has 0 saturated carbocycles. The molecular formula is C11H14BrNO. The van der Waals surface area contributed by atoms with Crippen LogP contribution in [0.1, 0.15) is 25.3 Å². The quantitative estimate of drug-likeness (QED) is 0.881. The molecule has 0 aliphatic heterocycles. The lowest BCUT2D eigenvalue weighted by Crippen LogP contribution is -2.11. The Labute approximate surface area is 92.8 Å². The van der Waals surface area contributed by atoms with Gasteiger partial charge in [0.15, 0.2) is 0 Å². The first kappa shape index (κ1) is 11.2. The number of amides is 1. The fraction of sp³-hybridized carbons (Fsp3) is 0.364. The van der Waals surface area contributed by atoms with Gasteiger partial charge in [-0.3, -0.25) is 4.79 Å². The van der Waals surface area contributed by atoms with Gasteiger partial charge in [-0.1, -0.05) is 28.9 Å². The number of hydrogen-bond donors (Lipinski definition) is 1. The van der Waals surface area contributed by atoms with Crippen LogP contribution in [0.3, 0.4) is 0 Å². The van der Waals surface area contributed by atoms with Gasteiger partial charge in [0.05, 0.1) is 0 Å². The molecule has 0 aliphatic rings. The third-order valence-electron chi connectivity index (χ3n) is 2.02. The summed E-state index contributed by atoms with van der Waals surface area (Å²) in [6.07, 6.45) is 1.45. The molecule has 1 N–H and O–H groups in total. The Bertz CT molecular complexity index is 336. The van der Waals surface area contributed by atoms with E-state index in [0.717, 1.165) is 22.1 Å². The van der Waals surface area contributed by atoms with Crippen molar-refractivity contribution in [1.82, 2.24) is 0 Å². The maximum atomic E-state index is 11.3. The van der Waals surface area contributed by atoms with Crippen molar-refractivity contribution in [2.24, 2.45) is 0 Å². The molecule has 1 aromatic rings. The van der Waals surface area contributed by atoms with E-state index in [1.54, 1.807) is 0 Å². The van der Waals surface area contributed by atoms with Gasteiger partial charge in [0.25, 0.3) is 0 Å². The van der Waals surface area contributed by atoms with Gasteiger partial charge >= 0.3 is 0 Å². The van der Waals surface area contributed by atoms with Crippen LogP contribution in [0.25, 0.3) is 0 Å². The summed E-state index contributed by atoms with van der Waals surface area (Å²) in [6.45, 7) is 3.97. The molecule has 0 saturated heterocycles. The van der Waals surface area contributed by atoms with E-state index < -0.39 is 0 Å². The summed E-state index contributed by atoms with van der Waals surface area (Å²) in [5.41, 5.74) is 1.95. The molecule has 0 fully saturated rings. The number of anilines is 1. The molecule has 1 rings (SSSR count). The molecule has 0 atom stereocenters. The summed E-state index contributed by atoms with van der Waals surface area (Å²) in [5, 5.41) is 2.88. The van der Waals surface area contributed by atoms with Gasteiger partial charge in [-0.05, 0) is 31.0 Å². The Morgan fingerprint density at radius 3 is 2.86 bits per heavy atom. The molecule has 1 aromatic carbocycles. The zero-order valence-corrected chi connectivity index (χ0v) is 10.0. The monoisotopic (exact) mass is 255 g/mol. The minimum atomic E-state index is 0.0775. The average Bonchev–Trinajstić information content (AvgIpc) is 2.13. The average molecular weight is 256 g/mol. The smallest absolute Gasteiger partial charge is 0.224 e. The Morgan fingerprint density at radius 1 is 1.50 bits per heavy atom. The van der Waals surface area contributed by atoms with E-state index in [4.69, 9.17) is 0 Å². The van der Waals surface area contributed by atoms with E-state index >= 15 is 0 Å². The van der Waals surface area contributed by atoms with Gasteiger partial charge in [0.2, 0.25) is 5.91 Å². The molecule has 76 valence electrons. The summed E-state index contributed by atoms with van der Waals surface area (Å²) in [6, 6.07) is 5.79. The lowest BCUT2D eigenvalue weighted by molar-refractivity contribution is -0.116. The van der Waals surface area contributed by atoms with Crippen molar-refractivity contribution in [3.05, 3.63) is 28.2 Å². The van der Waals surface area contributed by atoms with Gasteiger partial charge < -0.3 is 5.32 Å². The zero-order chi connectivity index (χ0) is 10.6. The minimum absolute atomic E-state index is 0.0775. The molecule has 0 bridgehead atoms. The van der Waals surface area contributed by atoms with Crippen molar-refractivity contribution in [3.63, 3.8) is 0 Å². The fourth-order valence-electron chi connectivity index (χ4n) is 1.18. The predicted octanol–water partition coefficient (Wildman–Crippen LogP) is 3.50. The van der Waals surface area contributed by atoms with Crippen molar-refractivity contribution in [2.75, 3.05) is 5.32 Å². The number of carbonyl (C=O) groups is 1. The van der Waals surface area contributed by atoms with E-state index in [1.165, 1.54) is 0 Å². The van der Waals surface area contributed by atoms with E-state index in [9.17, 15) is 4.79 Å². The molecule has 0 radical (unpaired) electrons. The number of halogens is 1. The summed E-state index contributed by atoms with van der Waals surface area (Å²) in [4.78, 5) is 11.3. The number of hydrogen-bond acceptors (Lipinski definition) is 1. The van der Waals surface area contributed by atoms with Crippen LogP contribution in [0, 0.1) is 6.92 Å². The molecule has 0 spiro atoms. The van der Waals surface area contributed by atoms with Gasteiger partial charge in [0, 0.05) is 16.6 Å². The molecule has 0 aromatic heterocycles. The Morgan fingerprint density at radius 2 is 2.21 bits per heavy atom. The highest BCUT2D eigenvalue weighted by Crippen LogP contribution is 2.23. The van der Waals surface area contributed by atoms with Crippen LogP contribution in [0.2, 0.25) is 0 Å². The molecule has 2 nitrogen and oxygen atoms in total. The summed E-state index contributed by atoms with van der Waals surface area (Å²) in [7, 11) is 0. The van der Waals surface area contributed by atoms with E-state index in [2.05, 4.69) is 21.2 Å². The molecule has 0 unspecified atom stereocenters. The van der Waals surface area contributed by atoms with Crippen LogP contribution in [-0.4, -0.2) is 5.91 Å². The Hall–Kier alpha value is -0.830. The topological polar surface area (TPSA) is 29.1 Å². The van der Waals surface area contributed by atoms with Crippen LogP contribution in [0.4, 0.5) is 5.69 Å². The van der Waals surface area contributed by atoms with Gasteiger partial charge in [-0.2, -0.15) is 0 Å². The molecule has 0 aliphatic carbocycles. The minimum Gasteiger partial charge on any atom is -0.326 e. The van der Waals surface area contributed by atoms with Crippen LogP contribution in [-0.2, 0) is 4.79 Å². The van der Waals surface area contributed by atoms with Crippen LogP contribution >= 0.6 is 15.9 Å². The highest BCUT2D eigenvalue weighted by molar-refractivity contribution is 9.10. The number of nitrogens with one attached hydrogen (secondary N) is 1. The second kappa shape index (κ2) is 5.15. The highest BCUT2D eigenvalue weighted by atomic mass is 79.9. The predicted molar refractivity (Wildman–Crippen MR) is 62.4 cm³/mol. The lowest BCUT2D eigenvalue weighted by Gasteiger charge is -2.08. The molecular weight excluding hydrogens is 242 g/mol. The lowest BCUT2D eigenvalue weighted by atomic mass is 10.2.